The molecule has 0 aliphatic carbocycles. The van der Waals surface area contributed by atoms with Crippen LogP contribution in [0.2, 0.25) is 0 Å². The van der Waals surface area contributed by atoms with Crippen molar-refractivity contribution in [1.29, 1.82) is 0 Å². The molecule has 4 aromatic rings. The zero-order chi connectivity index (χ0) is 20.4. The lowest BCUT2D eigenvalue weighted by molar-refractivity contribution is 0.0939. The second-order valence-electron chi connectivity index (χ2n) is 6.81. The summed E-state index contributed by atoms with van der Waals surface area (Å²) >= 11 is 0. The van der Waals surface area contributed by atoms with Crippen LogP contribution in [0.1, 0.15) is 34.7 Å². The van der Waals surface area contributed by atoms with Crippen LogP contribution < -0.4 is 11.1 Å². The smallest absolute Gasteiger partial charge is 0.255 e. The van der Waals surface area contributed by atoms with Gasteiger partial charge in [0.15, 0.2) is 0 Å². The largest absolute Gasteiger partial charge is 0.367 e. The highest BCUT2D eigenvalue weighted by Crippen LogP contribution is 2.25. The first-order valence-corrected chi connectivity index (χ1v) is 9.22. The first kappa shape index (κ1) is 18.4. The number of hydrogen-bond acceptors (Lipinski definition) is 5. The number of nitrogen functional groups attached to an aromatic ring is 1. The quantitative estimate of drug-likeness (QED) is 0.487. The normalized spacial score (nSPS) is 11.9. The number of nitrogens with zero attached hydrogens (tertiary/aromatic N) is 4. The van der Waals surface area contributed by atoms with Gasteiger partial charge in [0.1, 0.15) is 11.5 Å². The molecule has 1 atom stereocenters. The molecule has 4 N–H and O–H groups in total. The summed E-state index contributed by atoms with van der Waals surface area (Å²) in [6.07, 6.45) is 1.74. The van der Waals surface area contributed by atoms with Crippen LogP contribution in [-0.4, -0.2) is 30.9 Å². The summed E-state index contributed by atoms with van der Waals surface area (Å²) in [6.45, 7) is 3.83. The number of nitrogens with two attached hydrogens (primary N) is 1. The molecule has 8 heteroatoms. The third-order valence-electron chi connectivity index (χ3n) is 4.58. The van der Waals surface area contributed by atoms with Crippen LogP contribution in [0.15, 0.2) is 60.8 Å². The third-order valence-corrected chi connectivity index (χ3v) is 4.58. The zero-order valence-electron chi connectivity index (χ0n) is 16.1. The minimum Gasteiger partial charge on any atom is -0.367 e. The predicted octanol–water partition coefficient (Wildman–Crippen LogP) is 3.04. The van der Waals surface area contributed by atoms with E-state index < -0.39 is 6.04 Å². The van der Waals surface area contributed by atoms with E-state index in [1.807, 2.05) is 68.4 Å². The molecule has 146 valence electrons. The fourth-order valence-electron chi connectivity index (χ4n) is 3.00. The van der Waals surface area contributed by atoms with Crippen LogP contribution >= 0.6 is 0 Å². The van der Waals surface area contributed by atoms with Crippen molar-refractivity contribution in [3.8, 4) is 16.9 Å². The second-order valence-corrected chi connectivity index (χ2v) is 6.81. The van der Waals surface area contributed by atoms with Crippen molar-refractivity contribution >= 4 is 11.9 Å². The number of amides is 1. The minimum absolute atomic E-state index is 0.137. The molecule has 2 aromatic carbocycles. The summed E-state index contributed by atoms with van der Waals surface area (Å²) in [4.78, 5) is 17.2. The average Bonchev–Trinajstić information content (AvgIpc) is 3.36. The summed E-state index contributed by atoms with van der Waals surface area (Å²) in [5.74, 6) is 0.367. The van der Waals surface area contributed by atoms with Crippen LogP contribution in [0.3, 0.4) is 0 Å². The summed E-state index contributed by atoms with van der Waals surface area (Å²) < 4.78 is 1.71. The number of carbonyl (C=O) groups is 1. The number of aromatic nitrogens is 5. The number of anilines is 1. The molecule has 4 rings (SSSR count). The van der Waals surface area contributed by atoms with Crippen LogP contribution in [-0.2, 0) is 0 Å². The maximum atomic E-state index is 13.1. The van der Waals surface area contributed by atoms with E-state index in [0.717, 1.165) is 16.8 Å². The molecule has 29 heavy (non-hydrogen) atoms. The molecule has 0 bridgehead atoms. The third kappa shape index (κ3) is 3.86. The molecule has 0 radical (unpaired) electrons. The van der Waals surface area contributed by atoms with E-state index in [1.54, 1.807) is 10.9 Å². The molecular formula is C21H21N7O. The number of H-pyrrole nitrogens is 1. The number of aromatic amines is 1. The number of para-hydroxylation sites is 1. The van der Waals surface area contributed by atoms with Crippen molar-refractivity contribution in [2.45, 2.75) is 19.9 Å². The number of benzene rings is 2. The van der Waals surface area contributed by atoms with Crippen molar-refractivity contribution in [1.82, 2.24) is 30.3 Å². The zero-order valence-corrected chi connectivity index (χ0v) is 16.1. The van der Waals surface area contributed by atoms with Gasteiger partial charge in [0.05, 0.1) is 17.3 Å². The van der Waals surface area contributed by atoms with Crippen LogP contribution in [0.5, 0.6) is 0 Å². The van der Waals surface area contributed by atoms with Crippen LogP contribution in [0.25, 0.3) is 16.9 Å². The van der Waals surface area contributed by atoms with E-state index in [9.17, 15) is 4.79 Å². The molecule has 0 unspecified atom stereocenters. The molecule has 0 aliphatic heterocycles. The summed E-state index contributed by atoms with van der Waals surface area (Å²) in [6, 6.07) is 17.2. The maximum absolute atomic E-state index is 13.1. The SMILES string of the molecule is Cc1ccc(-c2nn(-c3ccccc3)cc2C(=O)N[C@H](C)c2nc(N)n[nH]2)cc1. The molecule has 0 aliphatic rings. The monoisotopic (exact) mass is 387 g/mol. The summed E-state index contributed by atoms with van der Waals surface area (Å²) in [5, 5.41) is 14.1. The van der Waals surface area contributed by atoms with Gasteiger partial charge in [-0.05, 0) is 26.0 Å². The molecule has 2 aromatic heterocycles. The van der Waals surface area contributed by atoms with Crippen molar-refractivity contribution in [2.75, 3.05) is 5.73 Å². The Morgan fingerprint density at radius 3 is 2.52 bits per heavy atom. The van der Waals surface area contributed by atoms with E-state index in [-0.39, 0.29) is 11.9 Å². The second kappa shape index (κ2) is 7.59. The summed E-state index contributed by atoms with van der Waals surface area (Å²) in [7, 11) is 0. The Morgan fingerprint density at radius 2 is 1.86 bits per heavy atom. The van der Waals surface area contributed by atoms with Crippen LogP contribution in [0, 0.1) is 6.92 Å². The maximum Gasteiger partial charge on any atom is 0.255 e. The number of rotatable bonds is 5. The summed E-state index contributed by atoms with van der Waals surface area (Å²) in [5.41, 5.74) is 9.51. The molecule has 0 spiro atoms. The highest BCUT2D eigenvalue weighted by atomic mass is 16.1. The Bertz CT molecular complexity index is 1130. The van der Waals surface area contributed by atoms with Gasteiger partial charge in [-0.2, -0.15) is 10.1 Å². The van der Waals surface area contributed by atoms with Gasteiger partial charge in [0.25, 0.3) is 5.91 Å². The van der Waals surface area contributed by atoms with Crippen LogP contribution in [0.4, 0.5) is 5.95 Å². The number of hydrogen-bond donors (Lipinski definition) is 3. The highest BCUT2D eigenvalue weighted by Gasteiger charge is 2.21. The molecule has 0 fully saturated rings. The topological polar surface area (TPSA) is 115 Å². The van der Waals surface area contributed by atoms with E-state index in [0.29, 0.717) is 17.1 Å². The number of carbonyl (C=O) groups excluding carboxylic acids is 1. The lowest BCUT2D eigenvalue weighted by Gasteiger charge is -2.11. The molecule has 0 saturated carbocycles. The van der Waals surface area contributed by atoms with Crippen molar-refractivity contribution in [3.63, 3.8) is 0 Å². The lowest BCUT2D eigenvalue weighted by Crippen LogP contribution is -2.27. The molecular weight excluding hydrogens is 366 g/mol. The predicted molar refractivity (Wildman–Crippen MR) is 110 cm³/mol. The Morgan fingerprint density at radius 1 is 1.14 bits per heavy atom. The Kier molecular flexibility index (Phi) is 4.82. The first-order chi connectivity index (χ1) is 14.0. The highest BCUT2D eigenvalue weighted by molar-refractivity contribution is 6.00. The van der Waals surface area contributed by atoms with Gasteiger partial charge < -0.3 is 11.1 Å². The van der Waals surface area contributed by atoms with E-state index >= 15 is 0 Å². The van der Waals surface area contributed by atoms with E-state index in [1.165, 1.54) is 0 Å². The van der Waals surface area contributed by atoms with Gasteiger partial charge in [-0.1, -0.05) is 48.0 Å². The number of aryl methyl sites for hydroxylation is 1. The minimum atomic E-state index is -0.391. The van der Waals surface area contributed by atoms with Gasteiger partial charge in [0.2, 0.25) is 5.95 Å². The molecule has 2 heterocycles. The van der Waals surface area contributed by atoms with Gasteiger partial charge in [-0.25, -0.2) is 4.68 Å². The van der Waals surface area contributed by atoms with Crippen molar-refractivity contribution < 1.29 is 4.79 Å². The Balaban J connectivity index is 1.71. The molecule has 0 saturated heterocycles. The molecule has 1 amide bonds. The van der Waals surface area contributed by atoms with Gasteiger partial charge >= 0.3 is 0 Å². The Labute approximate surface area is 167 Å². The lowest BCUT2D eigenvalue weighted by atomic mass is 10.1. The fourth-order valence-corrected chi connectivity index (χ4v) is 3.00. The van der Waals surface area contributed by atoms with Gasteiger partial charge in [-0.3, -0.25) is 9.89 Å². The van der Waals surface area contributed by atoms with Gasteiger partial charge in [-0.15, -0.1) is 5.10 Å². The van der Waals surface area contributed by atoms with E-state index in [2.05, 4.69) is 25.6 Å². The van der Waals surface area contributed by atoms with Crippen molar-refractivity contribution in [3.05, 3.63) is 77.7 Å². The van der Waals surface area contributed by atoms with Gasteiger partial charge in [0, 0.05) is 11.8 Å². The van der Waals surface area contributed by atoms with E-state index in [4.69, 9.17) is 5.73 Å². The standard InChI is InChI=1S/C21H21N7O/c1-13-8-10-15(11-9-13)18-17(12-28(27-18)16-6-4-3-5-7-16)20(29)23-14(2)19-24-21(22)26-25-19/h3-12,14H,1-2H3,(H,23,29)(H3,22,24,25,26)/t14-/m1/s1. The molecule has 8 nitrogen and oxygen atoms in total. The van der Waals surface area contributed by atoms with Crippen molar-refractivity contribution in [2.24, 2.45) is 0 Å². The Hall–Kier alpha value is -3.94. The average molecular weight is 387 g/mol. The number of nitrogens with one attached hydrogen (secondary N) is 2. The first-order valence-electron chi connectivity index (χ1n) is 9.22. The fraction of sp³-hybridized carbons (Fsp3) is 0.143.